The summed E-state index contributed by atoms with van der Waals surface area (Å²) in [5.41, 5.74) is 3.49. The van der Waals surface area contributed by atoms with Gasteiger partial charge in [-0.1, -0.05) is 72.4 Å². The lowest BCUT2D eigenvalue weighted by atomic mass is 9.95. The van der Waals surface area contributed by atoms with E-state index in [-0.39, 0.29) is 5.41 Å². The molecule has 4 atom stereocenters. The molecular formula is C24H21N3. The molecule has 132 valence electrons. The van der Waals surface area contributed by atoms with Crippen LogP contribution in [0.15, 0.2) is 72.4 Å². The molecule has 4 aliphatic rings. The minimum absolute atomic E-state index is 0.0399. The van der Waals surface area contributed by atoms with E-state index in [1.807, 2.05) is 18.2 Å². The first-order valence-electron chi connectivity index (χ1n) is 9.81. The zero-order valence-electron chi connectivity index (χ0n) is 15.3. The molecule has 1 aromatic heterocycles. The summed E-state index contributed by atoms with van der Waals surface area (Å²) in [7, 11) is 0. The number of nitrogens with zero attached hydrogens (tertiary/aromatic N) is 3. The highest BCUT2D eigenvalue weighted by atomic mass is 15.1. The maximum atomic E-state index is 4.98. The van der Waals surface area contributed by atoms with Crippen LogP contribution in [-0.2, 0) is 5.41 Å². The Labute approximate surface area is 159 Å². The van der Waals surface area contributed by atoms with Crippen LogP contribution >= 0.6 is 0 Å². The molecule has 0 spiro atoms. The van der Waals surface area contributed by atoms with Crippen LogP contribution in [0, 0.1) is 17.8 Å². The van der Waals surface area contributed by atoms with Crippen molar-refractivity contribution in [2.24, 2.45) is 17.8 Å². The van der Waals surface area contributed by atoms with Crippen molar-refractivity contribution in [3.8, 4) is 11.4 Å². The maximum absolute atomic E-state index is 4.98. The van der Waals surface area contributed by atoms with Crippen LogP contribution in [0.1, 0.15) is 31.4 Å². The molecule has 0 radical (unpaired) electrons. The monoisotopic (exact) mass is 351 g/mol. The van der Waals surface area contributed by atoms with Gasteiger partial charge < -0.3 is 0 Å². The fourth-order valence-electron chi connectivity index (χ4n) is 4.43. The van der Waals surface area contributed by atoms with Gasteiger partial charge in [0, 0.05) is 11.1 Å². The van der Waals surface area contributed by atoms with E-state index in [0.717, 1.165) is 40.9 Å². The van der Waals surface area contributed by atoms with Crippen molar-refractivity contribution in [1.82, 2.24) is 15.0 Å². The Balaban J connectivity index is 1.49. The van der Waals surface area contributed by atoms with Crippen LogP contribution in [-0.4, -0.2) is 15.0 Å². The minimum Gasteiger partial charge on any atom is -0.212 e. The van der Waals surface area contributed by atoms with Gasteiger partial charge in [-0.15, -0.1) is 0 Å². The Morgan fingerprint density at radius 1 is 0.926 bits per heavy atom. The van der Waals surface area contributed by atoms with Gasteiger partial charge in [0.1, 0.15) is 5.82 Å². The molecule has 2 fully saturated rings. The van der Waals surface area contributed by atoms with E-state index < -0.39 is 0 Å². The number of benzene rings is 1. The van der Waals surface area contributed by atoms with Crippen LogP contribution in [0.5, 0.6) is 0 Å². The van der Waals surface area contributed by atoms with E-state index in [1.54, 1.807) is 0 Å². The highest BCUT2D eigenvalue weighted by Gasteiger charge is 2.56. The Morgan fingerprint density at radius 3 is 2.59 bits per heavy atom. The summed E-state index contributed by atoms with van der Waals surface area (Å²) >= 11 is 0. The molecule has 1 heterocycles. The van der Waals surface area contributed by atoms with Crippen LogP contribution in [0.4, 0.5) is 0 Å². The van der Waals surface area contributed by atoms with Gasteiger partial charge in [-0.3, -0.25) is 0 Å². The van der Waals surface area contributed by atoms with Gasteiger partial charge in [-0.25, -0.2) is 15.0 Å². The number of hydrogen-bond donors (Lipinski definition) is 0. The third-order valence-corrected chi connectivity index (χ3v) is 6.32. The van der Waals surface area contributed by atoms with Crippen molar-refractivity contribution < 1.29 is 0 Å². The second kappa shape index (κ2) is 5.35. The summed E-state index contributed by atoms with van der Waals surface area (Å²) in [5, 5.41) is 0. The van der Waals surface area contributed by atoms with E-state index in [2.05, 4.69) is 55.5 Å². The second-order valence-electron chi connectivity index (χ2n) is 8.31. The molecule has 4 aliphatic carbocycles. The van der Waals surface area contributed by atoms with Gasteiger partial charge in [0.2, 0.25) is 0 Å². The SMILES string of the molecule is CC1=CC2CC2(c2nc(C3=CC4CC4C=C3)nc(-c3ccccc3)n2)C=C1. The molecular weight excluding hydrogens is 330 g/mol. The lowest BCUT2D eigenvalue weighted by Crippen LogP contribution is -2.16. The van der Waals surface area contributed by atoms with Crippen LogP contribution in [0.3, 0.4) is 0 Å². The van der Waals surface area contributed by atoms with Gasteiger partial charge in [0.05, 0.1) is 5.41 Å². The van der Waals surface area contributed by atoms with E-state index in [9.17, 15) is 0 Å². The molecule has 0 aliphatic heterocycles. The van der Waals surface area contributed by atoms with Gasteiger partial charge in [0.25, 0.3) is 0 Å². The Hall–Kier alpha value is -2.81. The number of allylic oxidation sites excluding steroid dienone is 8. The third-order valence-electron chi connectivity index (χ3n) is 6.32. The zero-order chi connectivity index (χ0) is 18.0. The van der Waals surface area contributed by atoms with Crippen LogP contribution in [0.25, 0.3) is 17.0 Å². The number of aromatic nitrogens is 3. The fraction of sp³-hybridized carbons (Fsp3) is 0.292. The topological polar surface area (TPSA) is 38.7 Å². The zero-order valence-corrected chi connectivity index (χ0v) is 15.3. The van der Waals surface area contributed by atoms with Gasteiger partial charge in [0.15, 0.2) is 11.6 Å². The van der Waals surface area contributed by atoms with E-state index in [1.165, 1.54) is 12.0 Å². The Kier molecular flexibility index (Phi) is 3.03. The quantitative estimate of drug-likeness (QED) is 0.789. The van der Waals surface area contributed by atoms with Gasteiger partial charge in [-0.05, 0) is 37.5 Å². The molecule has 3 heteroatoms. The summed E-state index contributed by atoms with van der Waals surface area (Å²) in [6.07, 6.45) is 16.1. The number of fused-ring (bicyclic) bond motifs is 2. The molecule has 2 aromatic rings. The van der Waals surface area contributed by atoms with Crippen LogP contribution in [0.2, 0.25) is 0 Å². The second-order valence-corrected chi connectivity index (χ2v) is 8.31. The average molecular weight is 351 g/mol. The molecule has 2 saturated carbocycles. The summed E-state index contributed by atoms with van der Waals surface area (Å²) < 4.78 is 0. The van der Waals surface area contributed by atoms with Crippen molar-refractivity contribution in [3.63, 3.8) is 0 Å². The number of hydrogen-bond acceptors (Lipinski definition) is 3. The smallest absolute Gasteiger partial charge is 0.163 e. The van der Waals surface area contributed by atoms with Crippen molar-refractivity contribution >= 4 is 5.57 Å². The predicted octanol–water partition coefficient (Wildman–Crippen LogP) is 4.90. The molecule has 0 bridgehead atoms. The van der Waals surface area contributed by atoms with E-state index >= 15 is 0 Å². The minimum atomic E-state index is -0.0399. The molecule has 3 nitrogen and oxygen atoms in total. The normalized spacial score (nSPS) is 32.3. The van der Waals surface area contributed by atoms with Crippen molar-refractivity contribution in [1.29, 1.82) is 0 Å². The largest absolute Gasteiger partial charge is 0.212 e. The molecule has 6 rings (SSSR count). The Bertz CT molecular complexity index is 1060. The molecule has 0 N–H and O–H groups in total. The molecule has 0 amide bonds. The lowest BCUT2D eigenvalue weighted by molar-refractivity contribution is 0.720. The maximum Gasteiger partial charge on any atom is 0.163 e. The lowest BCUT2D eigenvalue weighted by Gasteiger charge is -2.17. The first-order valence-corrected chi connectivity index (χ1v) is 9.81. The summed E-state index contributed by atoms with van der Waals surface area (Å²) in [6.45, 7) is 2.16. The summed E-state index contributed by atoms with van der Waals surface area (Å²) in [6, 6.07) is 10.3. The average Bonchev–Trinajstić information content (AvgIpc) is 3.61. The number of rotatable bonds is 3. The predicted molar refractivity (Wildman–Crippen MR) is 107 cm³/mol. The standard InChI is InChI=1S/C24H21N3/c1-15-9-10-24(14-20(24)11-15)23-26-21(16-5-3-2-4-6-16)25-22(27-23)18-8-7-17-12-19(17)13-18/h2-11,13,17,19-20H,12,14H2,1H3. The molecule has 4 unspecified atom stereocenters. The van der Waals surface area contributed by atoms with Crippen LogP contribution < -0.4 is 0 Å². The fourth-order valence-corrected chi connectivity index (χ4v) is 4.43. The molecule has 27 heavy (non-hydrogen) atoms. The molecule has 1 aromatic carbocycles. The van der Waals surface area contributed by atoms with Crippen molar-refractivity contribution in [2.45, 2.75) is 25.2 Å². The van der Waals surface area contributed by atoms with Crippen molar-refractivity contribution in [2.75, 3.05) is 0 Å². The van der Waals surface area contributed by atoms with E-state index in [0.29, 0.717) is 11.8 Å². The highest BCUT2D eigenvalue weighted by molar-refractivity contribution is 5.73. The molecule has 0 saturated heterocycles. The highest BCUT2D eigenvalue weighted by Crippen LogP contribution is 2.57. The van der Waals surface area contributed by atoms with Crippen molar-refractivity contribution in [3.05, 3.63) is 84.0 Å². The Morgan fingerprint density at radius 2 is 1.78 bits per heavy atom. The third kappa shape index (κ3) is 2.45. The summed E-state index contributed by atoms with van der Waals surface area (Å²) in [5.74, 6) is 4.46. The first kappa shape index (κ1) is 15.3. The van der Waals surface area contributed by atoms with Gasteiger partial charge in [-0.2, -0.15) is 0 Å². The first-order chi connectivity index (χ1) is 13.2. The van der Waals surface area contributed by atoms with Gasteiger partial charge >= 0.3 is 0 Å². The van der Waals surface area contributed by atoms with E-state index in [4.69, 9.17) is 15.0 Å². The summed E-state index contributed by atoms with van der Waals surface area (Å²) in [4.78, 5) is 14.8.